The lowest BCUT2D eigenvalue weighted by Gasteiger charge is -2.40. The van der Waals surface area contributed by atoms with E-state index >= 15 is 0 Å². The molecule has 2 aromatic carbocycles. The number of hydrogen-bond acceptors (Lipinski definition) is 5. The summed E-state index contributed by atoms with van der Waals surface area (Å²) < 4.78 is 43.8. The van der Waals surface area contributed by atoms with Gasteiger partial charge in [0, 0.05) is 45.8 Å². The fraction of sp³-hybridized carbons (Fsp3) is 0.400. The van der Waals surface area contributed by atoms with Crippen molar-refractivity contribution >= 4 is 46.4 Å². The predicted molar refractivity (Wildman–Crippen MR) is 137 cm³/mol. The van der Waals surface area contributed by atoms with Crippen LogP contribution in [0, 0.1) is 6.92 Å². The Labute approximate surface area is 217 Å². The molecule has 2 aromatic rings. The van der Waals surface area contributed by atoms with Crippen LogP contribution in [0.1, 0.15) is 40.4 Å². The van der Waals surface area contributed by atoms with Gasteiger partial charge in [-0.2, -0.15) is 24.9 Å². The zero-order valence-electron chi connectivity index (χ0n) is 19.6. The van der Waals surface area contributed by atoms with Crippen LogP contribution >= 0.6 is 35.0 Å². The molecule has 35 heavy (non-hydrogen) atoms. The van der Waals surface area contributed by atoms with E-state index in [1.165, 1.54) is 31.4 Å². The van der Waals surface area contributed by atoms with E-state index in [2.05, 4.69) is 24.3 Å². The van der Waals surface area contributed by atoms with Gasteiger partial charge in [-0.1, -0.05) is 41.9 Å². The quantitative estimate of drug-likeness (QED) is 0.260. The normalized spacial score (nSPS) is 16.8. The molecule has 0 saturated carbocycles. The van der Waals surface area contributed by atoms with Crippen LogP contribution in [0.5, 0.6) is 0 Å². The van der Waals surface area contributed by atoms with Crippen molar-refractivity contribution in [1.82, 2.24) is 10.8 Å². The molecule has 0 bridgehead atoms. The number of Topliss-reactive ketones (excluding diaryl/α,β-unsaturated/α-hetero) is 1. The van der Waals surface area contributed by atoms with Gasteiger partial charge in [0.25, 0.3) is 0 Å². The first-order valence-electron chi connectivity index (χ1n) is 10.8. The molecule has 1 saturated heterocycles. The van der Waals surface area contributed by atoms with Gasteiger partial charge < -0.3 is 10.2 Å². The van der Waals surface area contributed by atoms with Crippen LogP contribution in [0.25, 0.3) is 5.70 Å². The largest absolute Gasteiger partial charge is 0.400 e. The average Bonchev–Trinajstić information content (AvgIpc) is 2.73. The highest BCUT2D eigenvalue weighted by atomic mass is 35.5. The third kappa shape index (κ3) is 6.17. The molecular weight excluding hydrogens is 520 g/mol. The van der Waals surface area contributed by atoms with Crippen molar-refractivity contribution in [3.63, 3.8) is 0 Å². The first-order valence-corrected chi connectivity index (χ1v) is 12.7. The summed E-state index contributed by atoms with van der Waals surface area (Å²) in [6, 6.07) is 8.53. The van der Waals surface area contributed by atoms with Crippen LogP contribution in [0.2, 0.25) is 10.0 Å². The SMILES string of the molecule is C=C(NC1(C)CSC1)c1ccc(C(=O)CC(CNOC)(c2cc(Cl)cc(Cl)c2)C(F)(F)F)cc1C. The number of rotatable bonds is 10. The van der Waals surface area contributed by atoms with Crippen LogP contribution in [0.15, 0.2) is 43.0 Å². The lowest BCUT2D eigenvalue weighted by Crippen LogP contribution is -2.52. The van der Waals surface area contributed by atoms with Gasteiger partial charge in [-0.3, -0.25) is 4.79 Å². The van der Waals surface area contributed by atoms with E-state index in [-0.39, 0.29) is 26.7 Å². The third-order valence-corrected chi connectivity index (χ3v) is 8.22. The number of halogens is 5. The minimum atomic E-state index is -4.81. The average molecular weight is 547 g/mol. The van der Waals surface area contributed by atoms with Crippen molar-refractivity contribution in [3.8, 4) is 0 Å². The molecule has 1 aliphatic rings. The van der Waals surface area contributed by atoms with Crippen LogP contribution in [-0.4, -0.2) is 42.7 Å². The van der Waals surface area contributed by atoms with Gasteiger partial charge in [0.05, 0.1) is 12.6 Å². The summed E-state index contributed by atoms with van der Waals surface area (Å²) in [7, 11) is 1.21. The zero-order valence-corrected chi connectivity index (χ0v) is 21.9. The number of ketones is 1. The number of carbonyl (C=O) groups is 1. The number of thioether (sulfide) groups is 1. The summed E-state index contributed by atoms with van der Waals surface area (Å²) in [4.78, 5) is 18.0. The van der Waals surface area contributed by atoms with Gasteiger partial charge in [0.15, 0.2) is 5.78 Å². The van der Waals surface area contributed by atoms with E-state index in [0.29, 0.717) is 5.70 Å². The molecule has 3 rings (SSSR count). The Kier molecular flexibility index (Phi) is 8.54. The van der Waals surface area contributed by atoms with Crippen molar-refractivity contribution in [3.05, 3.63) is 75.3 Å². The van der Waals surface area contributed by atoms with Gasteiger partial charge in [0.2, 0.25) is 0 Å². The first-order chi connectivity index (χ1) is 16.3. The van der Waals surface area contributed by atoms with E-state index in [4.69, 9.17) is 28.0 Å². The molecular formula is C25H27Cl2F3N2O2S. The van der Waals surface area contributed by atoms with Gasteiger partial charge in [0.1, 0.15) is 5.41 Å². The Bertz CT molecular complexity index is 1100. The Hall–Kier alpha value is -1.71. The highest BCUT2D eigenvalue weighted by Gasteiger charge is 2.57. The molecule has 0 amide bonds. The van der Waals surface area contributed by atoms with E-state index in [1.807, 2.05) is 11.8 Å². The number of benzene rings is 2. The Morgan fingerprint density at radius 2 is 1.80 bits per heavy atom. The fourth-order valence-corrected chi connectivity index (χ4v) is 5.61. The standard InChI is InChI=1S/C25H27Cl2F3N2O2S/c1-15-7-17(5-6-21(15)16(2)32-23(3)13-35-14-23)22(33)11-24(12-31-34-4,25(28,29)30)18-8-19(26)10-20(27)9-18/h5-10,31-32H,2,11-14H2,1,3-4H3. The van der Waals surface area contributed by atoms with Crippen molar-refractivity contribution in [1.29, 1.82) is 0 Å². The number of hydroxylamine groups is 1. The molecule has 0 radical (unpaired) electrons. The second-order valence-electron chi connectivity index (χ2n) is 9.05. The molecule has 0 aromatic heterocycles. The lowest BCUT2D eigenvalue weighted by atomic mass is 9.74. The second kappa shape index (κ2) is 10.7. The maximum atomic E-state index is 14.6. The summed E-state index contributed by atoms with van der Waals surface area (Å²) >= 11 is 13.9. The number of hydrogen-bond donors (Lipinski definition) is 2. The monoisotopic (exact) mass is 546 g/mol. The van der Waals surface area contributed by atoms with Crippen LogP contribution in [-0.2, 0) is 10.3 Å². The predicted octanol–water partition coefficient (Wildman–Crippen LogP) is 6.59. The zero-order chi connectivity index (χ0) is 26.0. The summed E-state index contributed by atoms with van der Waals surface area (Å²) in [6.07, 6.45) is -5.68. The van der Waals surface area contributed by atoms with E-state index in [0.717, 1.165) is 22.6 Å². The second-order valence-corrected chi connectivity index (χ2v) is 10.9. The molecule has 1 atom stereocenters. The fourth-order valence-electron chi connectivity index (χ4n) is 4.12. The number of aryl methyl sites for hydroxylation is 1. The van der Waals surface area contributed by atoms with Crippen molar-refractivity contribution in [2.24, 2.45) is 0 Å². The molecule has 0 spiro atoms. The smallest absolute Gasteiger partial charge is 0.378 e. The van der Waals surface area contributed by atoms with Crippen LogP contribution in [0.4, 0.5) is 13.2 Å². The molecule has 10 heteroatoms. The summed E-state index contributed by atoms with van der Waals surface area (Å²) in [5.41, 5.74) is 1.82. The van der Waals surface area contributed by atoms with Crippen LogP contribution < -0.4 is 10.8 Å². The van der Waals surface area contributed by atoms with Gasteiger partial charge in [-0.05, 0) is 54.8 Å². The highest BCUT2D eigenvalue weighted by Crippen LogP contribution is 2.46. The number of alkyl halides is 3. The maximum Gasteiger partial charge on any atom is 0.400 e. The van der Waals surface area contributed by atoms with Gasteiger partial charge >= 0.3 is 6.18 Å². The Balaban J connectivity index is 1.95. The van der Waals surface area contributed by atoms with Crippen molar-refractivity contribution < 1.29 is 22.8 Å². The van der Waals surface area contributed by atoms with Crippen molar-refractivity contribution in [2.45, 2.75) is 37.4 Å². The van der Waals surface area contributed by atoms with Crippen molar-refractivity contribution in [2.75, 3.05) is 25.2 Å². The maximum absolute atomic E-state index is 14.6. The first kappa shape index (κ1) is 27.9. The number of carbonyl (C=O) groups excluding carboxylic acids is 1. The van der Waals surface area contributed by atoms with Crippen LogP contribution in [0.3, 0.4) is 0 Å². The molecule has 1 heterocycles. The molecule has 0 aliphatic carbocycles. The molecule has 190 valence electrons. The summed E-state index contributed by atoms with van der Waals surface area (Å²) in [5.74, 6) is 1.25. The topological polar surface area (TPSA) is 50.4 Å². The molecule has 1 unspecified atom stereocenters. The molecule has 2 N–H and O–H groups in total. The third-order valence-electron chi connectivity index (χ3n) is 6.11. The van der Waals surface area contributed by atoms with Gasteiger partial charge in [-0.15, -0.1) is 0 Å². The molecule has 1 aliphatic heterocycles. The molecule has 1 fully saturated rings. The Morgan fingerprint density at radius 3 is 2.29 bits per heavy atom. The number of nitrogens with one attached hydrogen (secondary N) is 2. The van der Waals surface area contributed by atoms with E-state index in [1.54, 1.807) is 19.1 Å². The molecule has 4 nitrogen and oxygen atoms in total. The summed E-state index contributed by atoms with van der Waals surface area (Å²) in [6.45, 7) is 7.31. The summed E-state index contributed by atoms with van der Waals surface area (Å²) in [5, 5.41) is 3.49. The minimum Gasteiger partial charge on any atom is -0.378 e. The van der Waals surface area contributed by atoms with Gasteiger partial charge in [-0.25, -0.2) is 5.48 Å². The Morgan fingerprint density at radius 1 is 1.17 bits per heavy atom. The van der Waals surface area contributed by atoms with E-state index < -0.39 is 30.3 Å². The van der Waals surface area contributed by atoms with E-state index in [9.17, 15) is 18.0 Å². The lowest BCUT2D eigenvalue weighted by molar-refractivity contribution is -0.194. The highest BCUT2D eigenvalue weighted by molar-refractivity contribution is 8.00. The minimum absolute atomic E-state index is 0.0377.